The number of fused-ring (bicyclic) bond motifs is 1. The van der Waals surface area contributed by atoms with Gasteiger partial charge in [0.15, 0.2) is 0 Å². The Balaban J connectivity index is 1.44. The molecule has 0 bridgehead atoms. The number of piperidine rings is 1. The summed E-state index contributed by atoms with van der Waals surface area (Å²) in [5, 5.41) is 1.19. The highest BCUT2D eigenvalue weighted by Crippen LogP contribution is 2.20. The summed E-state index contributed by atoms with van der Waals surface area (Å²) < 4.78 is 5.09. The molecule has 162 valence electrons. The van der Waals surface area contributed by atoms with E-state index in [0.717, 1.165) is 31.2 Å². The first kappa shape index (κ1) is 21.9. The SMILES string of the molecule is CCOC(=O)C1CCCN(C(=O)CN(C)C(=O)CCCc2c[nH]c3ccccc23)C1. The third kappa shape index (κ3) is 5.40. The number of nitrogens with zero attached hydrogens (tertiary/aromatic N) is 2. The number of para-hydroxylation sites is 1. The predicted molar refractivity (Wildman–Crippen MR) is 115 cm³/mol. The summed E-state index contributed by atoms with van der Waals surface area (Å²) in [6, 6.07) is 8.12. The van der Waals surface area contributed by atoms with E-state index in [-0.39, 0.29) is 30.2 Å². The summed E-state index contributed by atoms with van der Waals surface area (Å²) in [4.78, 5) is 43.5. The maximum Gasteiger partial charge on any atom is 0.310 e. The van der Waals surface area contributed by atoms with Crippen molar-refractivity contribution >= 4 is 28.7 Å². The standard InChI is InChI=1S/C23H31N3O4/c1-3-30-23(29)18-9-7-13-26(15-18)22(28)16-25(2)21(27)12-6-8-17-14-24-20-11-5-4-10-19(17)20/h4-5,10-11,14,18,24H,3,6-9,12-13,15-16H2,1-2H3. The lowest BCUT2D eigenvalue weighted by Gasteiger charge is -2.32. The second-order valence-electron chi connectivity index (χ2n) is 7.89. The molecule has 2 amide bonds. The Morgan fingerprint density at radius 3 is 2.87 bits per heavy atom. The topological polar surface area (TPSA) is 82.7 Å². The van der Waals surface area contributed by atoms with E-state index in [1.54, 1.807) is 18.9 Å². The van der Waals surface area contributed by atoms with Crippen LogP contribution in [0.15, 0.2) is 30.5 Å². The number of amides is 2. The summed E-state index contributed by atoms with van der Waals surface area (Å²) in [6.07, 6.45) is 5.45. The first-order chi connectivity index (χ1) is 14.5. The Kier molecular flexibility index (Phi) is 7.49. The third-order valence-electron chi connectivity index (χ3n) is 5.70. The summed E-state index contributed by atoms with van der Waals surface area (Å²) in [7, 11) is 1.67. The lowest BCUT2D eigenvalue weighted by atomic mass is 9.98. The van der Waals surface area contributed by atoms with Crippen LogP contribution in [-0.4, -0.2) is 65.9 Å². The lowest BCUT2D eigenvalue weighted by Crippen LogP contribution is -2.47. The van der Waals surface area contributed by atoms with Gasteiger partial charge in [0, 0.05) is 43.7 Å². The molecule has 1 aliphatic heterocycles. The Bertz CT molecular complexity index is 891. The van der Waals surface area contributed by atoms with Gasteiger partial charge in [-0.3, -0.25) is 14.4 Å². The maximum atomic E-state index is 12.6. The highest BCUT2D eigenvalue weighted by atomic mass is 16.5. The molecule has 30 heavy (non-hydrogen) atoms. The van der Waals surface area contributed by atoms with Crippen LogP contribution in [0.5, 0.6) is 0 Å². The van der Waals surface area contributed by atoms with Crippen molar-refractivity contribution in [2.75, 3.05) is 33.3 Å². The van der Waals surface area contributed by atoms with Crippen molar-refractivity contribution in [3.8, 4) is 0 Å². The van der Waals surface area contributed by atoms with Crippen LogP contribution in [0.3, 0.4) is 0 Å². The summed E-state index contributed by atoms with van der Waals surface area (Å²) in [5.41, 5.74) is 2.31. The van der Waals surface area contributed by atoms with Crippen LogP contribution in [0.1, 0.15) is 38.2 Å². The van der Waals surface area contributed by atoms with Crippen LogP contribution >= 0.6 is 0 Å². The number of aromatic nitrogens is 1. The molecule has 0 spiro atoms. The number of hydrogen-bond acceptors (Lipinski definition) is 4. The monoisotopic (exact) mass is 413 g/mol. The Morgan fingerprint density at radius 1 is 1.27 bits per heavy atom. The minimum absolute atomic E-state index is 0.0397. The van der Waals surface area contributed by atoms with E-state index >= 15 is 0 Å². The average molecular weight is 414 g/mol. The molecule has 3 rings (SSSR count). The number of likely N-dealkylation sites (tertiary alicyclic amines) is 1. The zero-order valence-corrected chi connectivity index (χ0v) is 17.9. The third-order valence-corrected chi connectivity index (χ3v) is 5.70. The number of rotatable bonds is 8. The number of H-pyrrole nitrogens is 1. The molecule has 1 saturated heterocycles. The molecule has 1 aromatic carbocycles. The molecule has 1 N–H and O–H groups in total. The van der Waals surface area contributed by atoms with Crippen molar-refractivity contribution in [2.45, 2.75) is 39.0 Å². The maximum absolute atomic E-state index is 12.6. The number of ether oxygens (including phenoxy) is 1. The van der Waals surface area contributed by atoms with Crippen molar-refractivity contribution in [3.05, 3.63) is 36.0 Å². The zero-order chi connectivity index (χ0) is 21.5. The van der Waals surface area contributed by atoms with Crippen molar-refractivity contribution in [1.29, 1.82) is 0 Å². The minimum Gasteiger partial charge on any atom is -0.466 e. The van der Waals surface area contributed by atoms with E-state index in [1.165, 1.54) is 15.8 Å². The van der Waals surface area contributed by atoms with Gasteiger partial charge in [-0.15, -0.1) is 0 Å². The Hall–Kier alpha value is -2.83. The number of aryl methyl sites for hydroxylation is 1. The second kappa shape index (κ2) is 10.3. The predicted octanol–water partition coefficient (Wildman–Crippen LogP) is 2.75. The number of nitrogens with one attached hydrogen (secondary N) is 1. The first-order valence-corrected chi connectivity index (χ1v) is 10.7. The molecule has 0 saturated carbocycles. The van der Waals surface area contributed by atoms with Crippen molar-refractivity contribution in [2.24, 2.45) is 5.92 Å². The van der Waals surface area contributed by atoms with Crippen LogP contribution in [0.2, 0.25) is 0 Å². The van der Waals surface area contributed by atoms with Gasteiger partial charge in [0.1, 0.15) is 0 Å². The van der Waals surface area contributed by atoms with Crippen LogP contribution in [0, 0.1) is 5.92 Å². The van der Waals surface area contributed by atoms with Gasteiger partial charge in [-0.05, 0) is 44.2 Å². The van der Waals surface area contributed by atoms with Crippen molar-refractivity contribution in [3.63, 3.8) is 0 Å². The van der Waals surface area contributed by atoms with E-state index in [2.05, 4.69) is 11.1 Å². The Morgan fingerprint density at radius 2 is 2.07 bits per heavy atom. The van der Waals surface area contributed by atoms with Gasteiger partial charge in [0.05, 0.1) is 19.1 Å². The smallest absolute Gasteiger partial charge is 0.310 e. The van der Waals surface area contributed by atoms with Crippen LogP contribution in [0.4, 0.5) is 0 Å². The van der Waals surface area contributed by atoms with Crippen molar-refractivity contribution < 1.29 is 19.1 Å². The van der Waals surface area contributed by atoms with Gasteiger partial charge < -0.3 is 19.5 Å². The highest BCUT2D eigenvalue weighted by Gasteiger charge is 2.30. The Labute approximate surface area is 177 Å². The fourth-order valence-corrected chi connectivity index (χ4v) is 4.01. The normalized spacial score (nSPS) is 16.5. The summed E-state index contributed by atoms with van der Waals surface area (Å²) >= 11 is 0. The molecule has 7 heteroatoms. The molecule has 0 aliphatic carbocycles. The fourth-order valence-electron chi connectivity index (χ4n) is 4.01. The number of carbonyl (C=O) groups is 3. The van der Waals surface area contributed by atoms with E-state index < -0.39 is 0 Å². The van der Waals surface area contributed by atoms with E-state index in [0.29, 0.717) is 26.1 Å². The largest absolute Gasteiger partial charge is 0.466 e. The minimum atomic E-state index is -0.264. The number of aromatic amines is 1. The summed E-state index contributed by atoms with van der Waals surface area (Å²) in [6.45, 7) is 3.17. The molecule has 1 unspecified atom stereocenters. The number of benzene rings is 1. The number of likely N-dealkylation sites (N-methyl/N-ethyl adjacent to an activating group) is 1. The van der Waals surface area contributed by atoms with Gasteiger partial charge in [-0.2, -0.15) is 0 Å². The molecule has 2 aromatic rings. The van der Waals surface area contributed by atoms with Gasteiger partial charge in [-0.25, -0.2) is 0 Å². The highest BCUT2D eigenvalue weighted by molar-refractivity contribution is 5.85. The molecule has 7 nitrogen and oxygen atoms in total. The first-order valence-electron chi connectivity index (χ1n) is 10.7. The number of carbonyl (C=O) groups excluding carboxylic acids is 3. The molecule has 0 radical (unpaired) electrons. The second-order valence-corrected chi connectivity index (χ2v) is 7.89. The number of esters is 1. The van der Waals surface area contributed by atoms with Crippen molar-refractivity contribution in [1.82, 2.24) is 14.8 Å². The van der Waals surface area contributed by atoms with Crippen LogP contribution < -0.4 is 0 Å². The van der Waals surface area contributed by atoms with Crippen LogP contribution in [0.25, 0.3) is 10.9 Å². The van der Waals surface area contributed by atoms with E-state index in [4.69, 9.17) is 4.74 Å². The average Bonchev–Trinajstić information content (AvgIpc) is 3.17. The van der Waals surface area contributed by atoms with Gasteiger partial charge in [0.25, 0.3) is 0 Å². The zero-order valence-electron chi connectivity index (χ0n) is 17.9. The number of hydrogen-bond donors (Lipinski definition) is 1. The molecular weight excluding hydrogens is 382 g/mol. The molecule has 1 atom stereocenters. The van der Waals surface area contributed by atoms with Gasteiger partial charge in [0.2, 0.25) is 11.8 Å². The van der Waals surface area contributed by atoms with E-state index in [1.807, 2.05) is 24.4 Å². The lowest BCUT2D eigenvalue weighted by molar-refractivity contribution is -0.152. The fraction of sp³-hybridized carbons (Fsp3) is 0.522. The molecule has 1 aromatic heterocycles. The quantitative estimate of drug-likeness (QED) is 0.675. The molecular formula is C23H31N3O4. The van der Waals surface area contributed by atoms with E-state index in [9.17, 15) is 14.4 Å². The van der Waals surface area contributed by atoms with Gasteiger partial charge in [-0.1, -0.05) is 18.2 Å². The van der Waals surface area contributed by atoms with Gasteiger partial charge >= 0.3 is 5.97 Å². The summed E-state index contributed by atoms with van der Waals surface area (Å²) in [5.74, 6) is -0.657. The molecule has 1 fully saturated rings. The molecule has 2 heterocycles. The molecule has 1 aliphatic rings. The van der Waals surface area contributed by atoms with Crippen LogP contribution in [-0.2, 0) is 25.5 Å².